The van der Waals surface area contributed by atoms with Crippen molar-refractivity contribution in [2.75, 3.05) is 0 Å². The van der Waals surface area contributed by atoms with Gasteiger partial charge < -0.3 is 13.9 Å². The van der Waals surface area contributed by atoms with Gasteiger partial charge in [-0.1, -0.05) is 36.4 Å². The lowest BCUT2D eigenvalue weighted by molar-refractivity contribution is -0.384. The summed E-state index contributed by atoms with van der Waals surface area (Å²) < 4.78 is 12.5. The highest BCUT2D eigenvalue weighted by Gasteiger charge is 2.35. The highest BCUT2D eigenvalue weighted by atomic mass is 16.6. The van der Waals surface area contributed by atoms with Crippen LogP contribution in [-0.4, -0.2) is 44.2 Å². The first kappa shape index (κ1) is 26.5. The molecule has 0 atom stereocenters. The Bertz CT molecular complexity index is 1850. The van der Waals surface area contributed by atoms with Crippen molar-refractivity contribution < 1.29 is 28.8 Å². The van der Waals surface area contributed by atoms with Gasteiger partial charge in [-0.2, -0.15) is 0 Å². The van der Waals surface area contributed by atoms with E-state index in [1.54, 1.807) is 52.1 Å². The van der Waals surface area contributed by atoms with Crippen LogP contribution in [0.15, 0.2) is 66.9 Å². The fraction of sp³-hybridized carbons (Fsp3) is 0.200. The standard InChI is InChI=1S/C30H25N3O7/c1-16(2)39-29(35)23-22-13-12-19-11-10-18-8-6-14-31-25(18)26(19)32(22)27(24(23)30(36)40-17(3)4)28(34)20-7-5-9-21(15-20)33(37)38/h5-17H,1-4H3. The zero-order chi connectivity index (χ0) is 28.7. The highest BCUT2D eigenvalue weighted by molar-refractivity contribution is 6.21. The van der Waals surface area contributed by atoms with Crippen LogP contribution in [0.4, 0.5) is 5.69 Å². The minimum Gasteiger partial charge on any atom is -0.459 e. The van der Waals surface area contributed by atoms with E-state index in [2.05, 4.69) is 4.98 Å². The van der Waals surface area contributed by atoms with Gasteiger partial charge in [0.15, 0.2) is 0 Å². The zero-order valence-electron chi connectivity index (χ0n) is 22.2. The van der Waals surface area contributed by atoms with Crippen LogP contribution in [0.1, 0.15) is 64.5 Å². The molecule has 0 aliphatic heterocycles. The fourth-order valence-electron chi connectivity index (χ4n) is 4.73. The van der Waals surface area contributed by atoms with Crippen molar-refractivity contribution in [1.82, 2.24) is 9.38 Å². The molecule has 3 heterocycles. The summed E-state index contributed by atoms with van der Waals surface area (Å²) in [7, 11) is 0. The van der Waals surface area contributed by atoms with Crippen LogP contribution in [-0.2, 0) is 9.47 Å². The number of hydrogen-bond acceptors (Lipinski definition) is 8. The second-order valence-corrected chi connectivity index (χ2v) is 9.78. The van der Waals surface area contributed by atoms with Crippen molar-refractivity contribution in [2.45, 2.75) is 39.9 Å². The van der Waals surface area contributed by atoms with Crippen molar-refractivity contribution in [3.8, 4) is 0 Å². The maximum absolute atomic E-state index is 14.3. The number of carbonyl (C=O) groups is 3. The van der Waals surface area contributed by atoms with E-state index in [1.807, 2.05) is 18.2 Å². The Labute approximate surface area is 228 Å². The van der Waals surface area contributed by atoms with Crippen LogP contribution < -0.4 is 0 Å². The van der Waals surface area contributed by atoms with Gasteiger partial charge in [-0.25, -0.2) is 9.59 Å². The molecule has 10 heteroatoms. The normalized spacial score (nSPS) is 11.4. The first-order valence-electron chi connectivity index (χ1n) is 12.6. The Balaban J connectivity index is 1.98. The lowest BCUT2D eigenvalue weighted by Gasteiger charge is -2.12. The SMILES string of the molecule is CC(C)OC(=O)c1c(C(=O)OC(C)C)c2ccc3ccc4cccnc4c3n2c1C(=O)c1cccc([N+](=O)[O-])c1. The molecule has 202 valence electrons. The molecule has 0 spiro atoms. The second kappa shape index (κ2) is 10.2. The summed E-state index contributed by atoms with van der Waals surface area (Å²) in [6.07, 6.45) is 0.522. The van der Waals surface area contributed by atoms with E-state index in [4.69, 9.17) is 9.47 Å². The number of rotatable bonds is 7. The first-order chi connectivity index (χ1) is 19.1. The van der Waals surface area contributed by atoms with Crippen LogP contribution in [0.25, 0.3) is 27.3 Å². The molecule has 0 aliphatic carbocycles. The maximum Gasteiger partial charge on any atom is 0.341 e. The number of ketones is 1. The van der Waals surface area contributed by atoms with Gasteiger partial charge in [-0.3, -0.25) is 19.9 Å². The van der Waals surface area contributed by atoms with Gasteiger partial charge in [0.1, 0.15) is 16.8 Å². The number of benzene rings is 2. The van der Waals surface area contributed by atoms with E-state index in [0.717, 1.165) is 11.5 Å². The minimum absolute atomic E-state index is 0.0406. The number of aromatic nitrogens is 2. The van der Waals surface area contributed by atoms with E-state index in [0.29, 0.717) is 16.4 Å². The molecular weight excluding hydrogens is 514 g/mol. The number of non-ortho nitro benzene ring substituents is 1. The van der Waals surface area contributed by atoms with Crippen molar-refractivity contribution in [1.29, 1.82) is 0 Å². The number of nitro benzene ring substituents is 1. The monoisotopic (exact) mass is 539 g/mol. The average Bonchev–Trinajstić information content (AvgIpc) is 3.27. The Morgan fingerprint density at radius 2 is 1.50 bits per heavy atom. The molecule has 0 radical (unpaired) electrons. The Hall–Kier alpha value is -5.12. The lowest BCUT2D eigenvalue weighted by Crippen LogP contribution is -2.20. The van der Waals surface area contributed by atoms with Crippen molar-refractivity contribution in [3.63, 3.8) is 0 Å². The molecule has 0 fully saturated rings. The Morgan fingerprint density at radius 3 is 2.17 bits per heavy atom. The number of ether oxygens (including phenoxy) is 2. The maximum atomic E-state index is 14.3. The van der Waals surface area contributed by atoms with Gasteiger partial charge in [0.05, 0.1) is 33.7 Å². The predicted molar refractivity (Wildman–Crippen MR) is 148 cm³/mol. The van der Waals surface area contributed by atoms with Gasteiger partial charge in [-0.05, 0) is 39.8 Å². The predicted octanol–water partition coefficient (Wildman–Crippen LogP) is 5.91. The van der Waals surface area contributed by atoms with E-state index in [-0.39, 0.29) is 33.6 Å². The summed E-state index contributed by atoms with van der Waals surface area (Å²) in [5.41, 5.74) is 0.309. The summed E-state index contributed by atoms with van der Waals surface area (Å²) in [6.45, 7) is 6.64. The molecule has 0 bridgehead atoms. The average molecular weight is 540 g/mol. The molecule has 10 nitrogen and oxygen atoms in total. The third kappa shape index (κ3) is 4.53. The fourth-order valence-corrected chi connectivity index (χ4v) is 4.73. The minimum atomic E-state index is -0.899. The van der Waals surface area contributed by atoms with Crippen LogP contribution >= 0.6 is 0 Å². The molecule has 2 aromatic carbocycles. The van der Waals surface area contributed by atoms with E-state index >= 15 is 0 Å². The molecule has 0 N–H and O–H groups in total. The molecule has 0 amide bonds. The number of esters is 2. The summed E-state index contributed by atoms with van der Waals surface area (Å²) in [4.78, 5) is 56.9. The van der Waals surface area contributed by atoms with Crippen LogP contribution in [0.3, 0.4) is 0 Å². The molecule has 0 unspecified atom stereocenters. The van der Waals surface area contributed by atoms with Crippen molar-refractivity contribution in [2.24, 2.45) is 0 Å². The zero-order valence-corrected chi connectivity index (χ0v) is 22.2. The number of hydrogen-bond donors (Lipinski definition) is 0. The molecule has 0 saturated heterocycles. The third-order valence-electron chi connectivity index (χ3n) is 6.26. The second-order valence-electron chi connectivity index (χ2n) is 9.78. The van der Waals surface area contributed by atoms with Crippen LogP contribution in [0.2, 0.25) is 0 Å². The smallest absolute Gasteiger partial charge is 0.341 e. The number of carbonyl (C=O) groups excluding carboxylic acids is 3. The van der Waals surface area contributed by atoms with Gasteiger partial charge in [0.2, 0.25) is 5.78 Å². The molecule has 3 aromatic heterocycles. The number of fused-ring (bicyclic) bond motifs is 5. The van der Waals surface area contributed by atoms with Gasteiger partial charge >= 0.3 is 11.9 Å². The van der Waals surface area contributed by atoms with Gasteiger partial charge in [0.25, 0.3) is 5.69 Å². The highest BCUT2D eigenvalue weighted by Crippen LogP contribution is 2.34. The Kier molecular flexibility index (Phi) is 6.76. The molecule has 5 rings (SSSR count). The van der Waals surface area contributed by atoms with Crippen molar-refractivity contribution in [3.05, 3.63) is 99.4 Å². The van der Waals surface area contributed by atoms with E-state index in [9.17, 15) is 24.5 Å². The summed E-state index contributed by atoms with van der Waals surface area (Å²) in [6, 6.07) is 15.9. The van der Waals surface area contributed by atoms with Crippen LogP contribution in [0, 0.1) is 10.1 Å². The number of pyridine rings is 2. The number of nitro groups is 1. The third-order valence-corrected chi connectivity index (χ3v) is 6.26. The van der Waals surface area contributed by atoms with Crippen molar-refractivity contribution >= 4 is 50.7 Å². The summed E-state index contributed by atoms with van der Waals surface area (Å²) in [5, 5.41) is 12.9. The molecule has 5 aromatic rings. The first-order valence-corrected chi connectivity index (χ1v) is 12.6. The van der Waals surface area contributed by atoms with Crippen LogP contribution in [0.5, 0.6) is 0 Å². The lowest BCUT2D eigenvalue weighted by atomic mass is 10.0. The van der Waals surface area contributed by atoms with Gasteiger partial charge in [-0.15, -0.1) is 0 Å². The van der Waals surface area contributed by atoms with E-state index in [1.165, 1.54) is 22.6 Å². The quantitative estimate of drug-likeness (QED) is 0.0820. The summed E-state index contributed by atoms with van der Waals surface area (Å²) >= 11 is 0. The topological polar surface area (TPSA) is 130 Å². The molecular formula is C30H25N3O7. The Morgan fingerprint density at radius 1 is 0.850 bits per heavy atom. The largest absolute Gasteiger partial charge is 0.459 e. The van der Waals surface area contributed by atoms with E-state index < -0.39 is 34.9 Å². The summed E-state index contributed by atoms with van der Waals surface area (Å²) in [5.74, 6) is -2.42. The molecule has 40 heavy (non-hydrogen) atoms. The molecule has 0 saturated carbocycles. The number of nitrogens with zero attached hydrogens (tertiary/aromatic N) is 3. The molecule has 0 aliphatic rings. The van der Waals surface area contributed by atoms with Gasteiger partial charge in [0, 0.05) is 34.7 Å².